The number of carbonyl (C=O) groups is 2. The molecule has 8 heteroatoms. The highest BCUT2D eigenvalue weighted by Crippen LogP contribution is 2.47. The van der Waals surface area contributed by atoms with Gasteiger partial charge in [-0.2, -0.15) is 0 Å². The molecule has 0 fully saturated rings. The number of amides is 1. The zero-order valence-electron chi connectivity index (χ0n) is 16.7. The lowest BCUT2D eigenvalue weighted by Gasteiger charge is -2.32. The Balaban J connectivity index is 1.86. The van der Waals surface area contributed by atoms with Gasteiger partial charge in [0.25, 0.3) is 0 Å². The van der Waals surface area contributed by atoms with Crippen LogP contribution < -0.4 is 19.1 Å². The summed E-state index contributed by atoms with van der Waals surface area (Å²) >= 11 is 0. The quantitative estimate of drug-likeness (QED) is 0.701. The van der Waals surface area contributed by atoms with Gasteiger partial charge < -0.3 is 18.9 Å². The second kappa shape index (κ2) is 7.70. The Morgan fingerprint density at radius 1 is 0.967 bits per heavy atom. The molecule has 0 aliphatic carbocycles. The minimum Gasteiger partial charge on any atom is -0.496 e. The van der Waals surface area contributed by atoms with E-state index >= 15 is 0 Å². The van der Waals surface area contributed by atoms with Gasteiger partial charge in [-0.1, -0.05) is 0 Å². The summed E-state index contributed by atoms with van der Waals surface area (Å²) in [6, 6.07) is 8.90. The molecule has 2 aliphatic heterocycles. The monoisotopic (exact) mass is 413 g/mol. The summed E-state index contributed by atoms with van der Waals surface area (Å²) < 4.78 is 34.8. The van der Waals surface area contributed by atoms with Crippen LogP contribution in [0.15, 0.2) is 47.7 Å². The standard InChI is InChI=1S/C22H20FNO6/c1-27-17-10-19(29-3)18(28-2)8-14(17)15-9-20(25)24(13-6-4-12(23)5-7-13)16-11-30-22(26)21(15)16/h4-8,10,15H,9,11H2,1-3H3. The van der Waals surface area contributed by atoms with Crippen molar-refractivity contribution in [2.45, 2.75) is 12.3 Å². The first-order chi connectivity index (χ1) is 14.5. The summed E-state index contributed by atoms with van der Waals surface area (Å²) in [6.45, 7) is -0.0383. The fourth-order valence-electron chi connectivity index (χ4n) is 3.93. The van der Waals surface area contributed by atoms with Gasteiger partial charge in [-0.25, -0.2) is 9.18 Å². The third-order valence-corrected chi connectivity index (χ3v) is 5.31. The highest BCUT2D eigenvalue weighted by molar-refractivity contribution is 6.06. The molecule has 0 radical (unpaired) electrons. The molecule has 30 heavy (non-hydrogen) atoms. The molecule has 0 saturated heterocycles. The normalized spacial score (nSPS) is 18.3. The van der Waals surface area contributed by atoms with Crippen molar-refractivity contribution in [3.8, 4) is 17.2 Å². The first-order valence-corrected chi connectivity index (χ1v) is 9.27. The number of nitrogens with zero attached hydrogens (tertiary/aromatic N) is 1. The molecule has 0 spiro atoms. The third kappa shape index (κ3) is 3.14. The molecule has 1 amide bonds. The maximum absolute atomic E-state index is 13.4. The van der Waals surface area contributed by atoms with Crippen molar-refractivity contribution in [3.05, 3.63) is 59.0 Å². The second-order valence-corrected chi connectivity index (χ2v) is 6.85. The number of cyclic esters (lactones) is 1. The smallest absolute Gasteiger partial charge is 0.336 e. The number of hydrogen-bond acceptors (Lipinski definition) is 6. The van der Waals surface area contributed by atoms with E-state index in [1.54, 1.807) is 12.1 Å². The maximum atomic E-state index is 13.4. The van der Waals surface area contributed by atoms with Crippen molar-refractivity contribution in [1.29, 1.82) is 0 Å². The maximum Gasteiger partial charge on any atom is 0.336 e. The van der Waals surface area contributed by atoms with E-state index in [0.29, 0.717) is 39.8 Å². The molecule has 4 rings (SSSR count). The summed E-state index contributed by atoms with van der Waals surface area (Å²) in [5.41, 5.74) is 1.92. The second-order valence-electron chi connectivity index (χ2n) is 6.85. The molecule has 156 valence electrons. The number of carbonyl (C=O) groups excluding carboxylic acids is 2. The van der Waals surface area contributed by atoms with E-state index in [4.69, 9.17) is 18.9 Å². The zero-order valence-corrected chi connectivity index (χ0v) is 16.7. The number of ether oxygens (including phenoxy) is 4. The Hall–Kier alpha value is -3.55. The Morgan fingerprint density at radius 3 is 2.23 bits per heavy atom. The number of anilines is 1. The zero-order chi connectivity index (χ0) is 21.4. The minimum absolute atomic E-state index is 0.0111. The van der Waals surface area contributed by atoms with Crippen molar-refractivity contribution >= 4 is 17.6 Å². The number of rotatable bonds is 5. The van der Waals surface area contributed by atoms with Gasteiger partial charge in [-0.15, -0.1) is 0 Å². The average molecular weight is 413 g/mol. The summed E-state index contributed by atoms with van der Waals surface area (Å²) in [5.74, 6) is -0.330. The van der Waals surface area contributed by atoms with Gasteiger partial charge in [0, 0.05) is 29.7 Å². The van der Waals surface area contributed by atoms with E-state index in [1.165, 1.54) is 50.5 Å². The van der Waals surface area contributed by atoms with Crippen LogP contribution in [-0.2, 0) is 14.3 Å². The Morgan fingerprint density at radius 2 is 1.60 bits per heavy atom. The highest BCUT2D eigenvalue weighted by Gasteiger charge is 2.44. The molecule has 0 aromatic heterocycles. The van der Waals surface area contributed by atoms with E-state index < -0.39 is 17.7 Å². The molecule has 0 N–H and O–H groups in total. The van der Waals surface area contributed by atoms with Gasteiger partial charge in [0.1, 0.15) is 18.2 Å². The van der Waals surface area contributed by atoms with E-state index in [0.717, 1.165) is 0 Å². The Labute approximate surface area is 172 Å². The van der Waals surface area contributed by atoms with Crippen LogP contribution in [0.5, 0.6) is 17.2 Å². The van der Waals surface area contributed by atoms with Crippen molar-refractivity contribution in [1.82, 2.24) is 0 Å². The minimum atomic E-state index is -0.575. The van der Waals surface area contributed by atoms with Crippen molar-refractivity contribution in [3.63, 3.8) is 0 Å². The number of halogens is 1. The number of methoxy groups -OCH3 is 3. The summed E-state index contributed by atoms with van der Waals surface area (Å²) in [6.07, 6.45) is 0.0111. The first kappa shape index (κ1) is 19.8. The fourth-order valence-corrected chi connectivity index (χ4v) is 3.93. The van der Waals surface area contributed by atoms with Gasteiger partial charge in [-0.3, -0.25) is 9.69 Å². The van der Waals surface area contributed by atoms with Crippen LogP contribution in [0.2, 0.25) is 0 Å². The largest absolute Gasteiger partial charge is 0.496 e. The number of benzene rings is 2. The van der Waals surface area contributed by atoms with Gasteiger partial charge in [0.2, 0.25) is 5.91 Å². The molecular formula is C22H20FNO6. The van der Waals surface area contributed by atoms with Gasteiger partial charge in [0.05, 0.1) is 32.6 Å². The van der Waals surface area contributed by atoms with Crippen LogP contribution >= 0.6 is 0 Å². The predicted octanol–water partition coefficient (Wildman–Crippen LogP) is 3.18. The van der Waals surface area contributed by atoms with Gasteiger partial charge >= 0.3 is 5.97 Å². The first-order valence-electron chi connectivity index (χ1n) is 9.27. The van der Waals surface area contributed by atoms with Gasteiger partial charge in [-0.05, 0) is 30.3 Å². The van der Waals surface area contributed by atoms with Crippen LogP contribution in [0.1, 0.15) is 17.9 Å². The molecule has 7 nitrogen and oxygen atoms in total. The Kier molecular flexibility index (Phi) is 5.07. The molecule has 0 bridgehead atoms. The molecule has 2 aromatic carbocycles. The topological polar surface area (TPSA) is 74.3 Å². The van der Waals surface area contributed by atoms with Crippen LogP contribution in [0.3, 0.4) is 0 Å². The van der Waals surface area contributed by atoms with Crippen LogP contribution in [-0.4, -0.2) is 39.8 Å². The molecule has 2 aliphatic rings. The SMILES string of the molecule is COc1cc(OC)c(C2CC(=O)N(c3ccc(F)cc3)C3=C2C(=O)OC3)cc1OC. The molecule has 2 aromatic rings. The fraction of sp³-hybridized carbons (Fsp3) is 0.273. The lowest BCUT2D eigenvalue weighted by atomic mass is 9.83. The summed E-state index contributed by atoms with van der Waals surface area (Å²) in [5, 5.41) is 0. The third-order valence-electron chi connectivity index (χ3n) is 5.31. The van der Waals surface area contributed by atoms with Crippen LogP contribution in [0.4, 0.5) is 10.1 Å². The number of esters is 1. The predicted molar refractivity (Wildman–Crippen MR) is 105 cm³/mol. The summed E-state index contributed by atoms with van der Waals surface area (Å²) in [7, 11) is 4.52. The van der Waals surface area contributed by atoms with E-state index in [-0.39, 0.29) is 18.9 Å². The van der Waals surface area contributed by atoms with Crippen molar-refractivity contribution < 1.29 is 32.9 Å². The number of hydrogen-bond donors (Lipinski definition) is 0. The van der Waals surface area contributed by atoms with E-state index in [9.17, 15) is 14.0 Å². The van der Waals surface area contributed by atoms with Crippen molar-refractivity contribution in [2.24, 2.45) is 0 Å². The lowest BCUT2D eigenvalue weighted by molar-refractivity contribution is -0.136. The van der Waals surface area contributed by atoms with Crippen LogP contribution in [0, 0.1) is 5.82 Å². The highest BCUT2D eigenvalue weighted by atomic mass is 19.1. The Bertz CT molecular complexity index is 1050. The summed E-state index contributed by atoms with van der Waals surface area (Å²) in [4.78, 5) is 27.2. The molecule has 0 saturated carbocycles. The van der Waals surface area contributed by atoms with Crippen molar-refractivity contribution in [2.75, 3.05) is 32.8 Å². The molecule has 1 unspecified atom stereocenters. The molecule has 2 heterocycles. The molecule has 1 atom stereocenters. The lowest BCUT2D eigenvalue weighted by Crippen LogP contribution is -2.37. The average Bonchev–Trinajstić information content (AvgIpc) is 3.14. The van der Waals surface area contributed by atoms with E-state index in [2.05, 4.69) is 0 Å². The van der Waals surface area contributed by atoms with Crippen LogP contribution in [0.25, 0.3) is 0 Å². The molecular weight excluding hydrogens is 393 g/mol. The van der Waals surface area contributed by atoms with E-state index in [1.807, 2.05) is 0 Å². The van der Waals surface area contributed by atoms with Gasteiger partial charge in [0.15, 0.2) is 11.5 Å².